The molecule has 142 valence electrons. The zero-order valence-corrected chi connectivity index (χ0v) is 15.5. The summed E-state index contributed by atoms with van der Waals surface area (Å²) < 4.78 is 5.04. The van der Waals surface area contributed by atoms with Crippen molar-refractivity contribution in [3.05, 3.63) is 71.8 Å². The van der Waals surface area contributed by atoms with Gasteiger partial charge in [0, 0.05) is 12.1 Å². The maximum absolute atomic E-state index is 12.6. The number of amides is 2. The van der Waals surface area contributed by atoms with Crippen molar-refractivity contribution >= 4 is 17.8 Å². The van der Waals surface area contributed by atoms with Gasteiger partial charge in [-0.25, -0.2) is 0 Å². The molecule has 0 aliphatic heterocycles. The number of carbonyl (C=O) groups excluding carboxylic acids is 3. The van der Waals surface area contributed by atoms with E-state index in [-0.39, 0.29) is 36.9 Å². The Kier molecular flexibility index (Phi) is 7.55. The van der Waals surface area contributed by atoms with E-state index >= 15 is 0 Å². The predicted octanol–water partition coefficient (Wildman–Crippen LogP) is 2.62. The minimum Gasteiger partial charge on any atom is -0.463 e. The van der Waals surface area contributed by atoms with Crippen LogP contribution in [0, 0.1) is 0 Å². The van der Waals surface area contributed by atoms with Gasteiger partial charge in [-0.3, -0.25) is 14.4 Å². The largest absolute Gasteiger partial charge is 0.463 e. The molecule has 0 bridgehead atoms. The minimum atomic E-state index is -0.861. The summed E-state index contributed by atoms with van der Waals surface area (Å²) in [4.78, 5) is 36.7. The number of benzene rings is 2. The molecule has 6 nitrogen and oxygen atoms in total. The number of rotatable bonds is 8. The van der Waals surface area contributed by atoms with E-state index in [0.717, 1.165) is 0 Å². The van der Waals surface area contributed by atoms with Crippen molar-refractivity contribution in [2.75, 3.05) is 6.54 Å². The van der Waals surface area contributed by atoms with E-state index in [1.807, 2.05) is 12.1 Å². The third kappa shape index (κ3) is 6.58. The maximum atomic E-state index is 12.6. The van der Waals surface area contributed by atoms with Crippen LogP contribution in [-0.4, -0.2) is 30.4 Å². The molecule has 0 radical (unpaired) electrons. The number of hydrogen-bond acceptors (Lipinski definition) is 4. The number of nitrogens with one attached hydrogen (secondary N) is 2. The molecule has 1 unspecified atom stereocenters. The fraction of sp³-hybridized carbons (Fsp3) is 0.286. The lowest BCUT2D eigenvalue weighted by Gasteiger charge is -2.19. The van der Waals surface area contributed by atoms with Crippen molar-refractivity contribution in [1.29, 1.82) is 0 Å². The molecule has 27 heavy (non-hydrogen) atoms. The van der Waals surface area contributed by atoms with Crippen LogP contribution in [0.4, 0.5) is 0 Å². The average Bonchev–Trinajstić information content (AvgIpc) is 2.66. The molecule has 2 aromatic rings. The first-order valence-corrected chi connectivity index (χ1v) is 8.85. The first-order chi connectivity index (χ1) is 13.0. The smallest absolute Gasteiger partial charge is 0.307 e. The summed E-state index contributed by atoms with van der Waals surface area (Å²) in [5.74, 6) is -1.11. The molecule has 0 saturated heterocycles. The van der Waals surface area contributed by atoms with Gasteiger partial charge < -0.3 is 15.4 Å². The van der Waals surface area contributed by atoms with E-state index in [0.29, 0.717) is 11.1 Å². The van der Waals surface area contributed by atoms with Crippen LogP contribution in [0.2, 0.25) is 0 Å². The highest BCUT2D eigenvalue weighted by molar-refractivity contribution is 5.97. The van der Waals surface area contributed by atoms with E-state index < -0.39 is 6.04 Å². The van der Waals surface area contributed by atoms with Crippen LogP contribution < -0.4 is 10.6 Å². The monoisotopic (exact) mass is 368 g/mol. The molecule has 0 aliphatic carbocycles. The molecule has 2 N–H and O–H groups in total. The molecule has 0 aliphatic rings. The van der Waals surface area contributed by atoms with Crippen LogP contribution in [0.25, 0.3) is 0 Å². The highest BCUT2D eigenvalue weighted by Gasteiger charge is 2.23. The summed E-state index contributed by atoms with van der Waals surface area (Å²) in [5.41, 5.74) is 1.12. The first kappa shape index (κ1) is 20.2. The predicted molar refractivity (Wildman–Crippen MR) is 102 cm³/mol. The van der Waals surface area contributed by atoms with Crippen LogP contribution in [-0.2, 0) is 14.3 Å². The van der Waals surface area contributed by atoms with Crippen LogP contribution in [0.5, 0.6) is 0 Å². The van der Waals surface area contributed by atoms with Crippen molar-refractivity contribution in [3.63, 3.8) is 0 Å². The van der Waals surface area contributed by atoms with Gasteiger partial charge >= 0.3 is 5.97 Å². The number of hydrogen-bond donors (Lipinski definition) is 2. The topological polar surface area (TPSA) is 84.5 Å². The maximum Gasteiger partial charge on any atom is 0.307 e. The summed E-state index contributed by atoms with van der Waals surface area (Å²) in [5, 5.41) is 5.44. The second kappa shape index (κ2) is 10.1. The van der Waals surface area contributed by atoms with Gasteiger partial charge in [-0.1, -0.05) is 48.5 Å². The number of ether oxygens (including phenoxy) is 1. The van der Waals surface area contributed by atoms with E-state index in [9.17, 15) is 14.4 Å². The molecule has 2 aromatic carbocycles. The Morgan fingerprint density at radius 2 is 1.52 bits per heavy atom. The quantitative estimate of drug-likeness (QED) is 0.702. The first-order valence-electron chi connectivity index (χ1n) is 8.85. The Hall–Kier alpha value is -3.15. The summed E-state index contributed by atoms with van der Waals surface area (Å²) in [6.45, 7) is 3.66. The van der Waals surface area contributed by atoms with Crippen LogP contribution in [0.1, 0.15) is 42.2 Å². The highest BCUT2D eigenvalue weighted by atomic mass is 16.5. The molecule has 0 fully saturated rings. The van der Waals surface area contributed by atoms with Gasteiger partial charge in [0.15, 0.2) is 0 Å². The van der Waals surface area contributed by atoms with Gasteiger partial charge in [0.1, 0.15) is 6.04 Å². The summed E-state index contributed by atoms with van der Waals surface area (Å²) in [7, 11) is 0. The Morgan fingerprint density at radius 3 is 2.11 bits per heavy atom. The molecule has 0 saturated carbocycles. The lowest BCUT2D eigenvalue weighted by atomic mass is 10.1. The second-order valence-corrected chi connectivity index (χ2v) is 6.26. The Balaban J connectivity index is 2.03. The Morgan fingerprint density at radius 1 is 0.926 bits per heavy atom. The van der Waals surface area contributed by atoms with Crippen LogP contribution in [0.3, 0.4) is 0 Å². The zero-order valence-electron chi connectivity index (χ0n) is 15.5. The van der Waals surface area contributed by atoms with Crippen molar-refractivity contribution in [2.45, 2.75) is 32.4 Å². The molecular formula is C21H24N2O4. The fourth-order valence-corrected chi connectivity index (χ4v) is 2.46. The van der Waals surface area contributed by atoms with Crippen molar-refractivity contribution in [2.24, 2.45) is 0 Å². The Bertz CT molecular complexity index is 760. The normalized spacial score (nSPS) is 11.5. The SMILES string of the molecule is CC(C)OC(=O)CCNC(=O)C(NC(=O)c1ccccc1)c1ccccc1. The molecular weight excluding hydrogens is 344 g/mol. The van der Waals surface area contributed by atoms with Crippen LogP contribution in [0.15, 0.2) is 60.7 Å². The summed E-state index contributed by atoms with van der Waals surface area (Å²) >= 11 is 0. The molecule has 0 heterocycles. The lowest BCUT2D eigenvalue weighted by Crippen LogP contribution is -2.41. The molecule has 1 atom stereocenters. The Labute approximate surface area is 158 Å². The summed E-state index contributed by atoms with van der Waals surface area (Å²) in [6, 6.07) is 16.8. The number of carbonyl (C=O) groups is 3. The van der Waals surface area contributed by atoms with Gasteiger partial charge in [0.05, 0.1) is 12.5 Å². The molecule has 2 amide bonds. The molecule has 0 aromatic heterocycles. The van der Waals surface area contributed by atoms with Crippen molar-refractivity contribution in [3.8, 4) is 0 Å². The van der Waals surface area contributed by atoms with Gasteiger partial charge in [0.2, 0.25) is 5.91 Å². The van der Waals surface area contributed by atoms with E-state index in [4.69, 9.17) is 4.74 Å². The third-order valence-electron chi connectivity index (χ3n) is 3.70. The standard InChI is InChI=1S/C21H24N2O4/c1-15(2)27-18(24)13-14-22-21(26)19(16-9-5-3-6-10-16)23-20(25)17-11-7-4-8-12-17/h3-12,15,19H,13-14H2,1-2H3,(H,22,26)(H,23,25). The summed E-state index contributed by atoms with van der Waals surface area (Å²) in [6.07, 6.45) is -0.131. The zero-order chi connectivity index (χ0) is 19.6. The van der Waals surface area contributed by atoms with Crippen molar-refractivity contribution in [1.82, 2.24) is 10.6 Å². The van der Waals surface area contributed by atoms with Crippen LogP contribution >= 0.6 is 0 Å². The van der Waals surface area contributed by atoms with Gasteiger partial charge in [-0.15, -0.1) is 0 Å². The van der Waals surface area contributed by atoms with Gasteiger partial charge in [0.25, 0.3) is 5.91 Å². The van der Waals surface area contributed by atoms with E-state index in [2.05, 4.69) is 10.6 Å². The third-order valence-corrected chi connectivity index (χ3v) is 3.70. The molecule has 6 heteroatoms. The molecule has 2 rings (SSSR count). The average molecular weight is 368 g/mol. The van der Waals surface area contributed by atoms with Crippen molar-refractivity contribution < 1.29 is 19.1 Å². The minimum absolute atomic E-state index is 0.0675. The molecule has 0 spiro atoms. The lowest BCUT2D eigenvalue weighted by molar-refractivity contribution is -0.147. The second-order valence-electron chi connectivity index (χ2n) is 6.26. The van der Waals surface area contributed by atoms with Gasteiger partial charge in [-0.2, -0.15) is 0 Å². The van der Waals surface area contributed by atoms with Gasteiger partial charge in [-0.05, 0) is 31.5 Å². The fourth-order valence-electron chi connectivity index (χ4n) is 2.46. The van der Waals surface area contributed by atoms with E-state index in [1.54, 1.807) is 62.4 Å². The number of esters is 1. The van der Waals surface area contributed by atoms with E-state index in [1.165, 1.54) is 0 Å². The highest BCUT2D eigenvalue weighted by Crippen LogP contribution is 2.14.